The first kappa shape index (κ1) is 27.4. The number of hydrogen-bond donors (Lipinski definition) is 2. The van der Waals surface area contributed by atoms with Crippen molar-refractivity contribution in [2.75, 3.05) is 22.8 Å². The normalized spacial score (nSPS) is 13.7. The van der Waals surface area contributed by atoms with Crippen molar-refractivity contribution in [1.82, 2.24) is 20.0 Å². The number of nitrogens with one attached hydrogen (secondary N) is 2. The van der Waals surface area contributed by atoms with Gasteiger partial charge in [-0.25, -0.2) is 32.6 Å². The van der Waals surface area contributed by atoms with Crippen LogP contribution in [0.5, 0.6) is 0 Å². The first-order valence-corrected chi connectivity index (χ1v) is 14.4. The topological polar surface area (TPSA) is 125 Å². The van der Waals surface area contributed by atoms with E-state index in [0.717, 1.165) is 26.1 Å². The van der Waals surface area contributed by atoms with Crippen LogP contribution in [0.25, 0.3) is 10.2 Å². The van der Waals surface area contributed by atoms with E-state index >= 15 is 0 Å². The van der Waals surface area contributed by atoms with Crippen LogP contribution in [0, 0.1) is 18.6 Å². The van der Waals surface area contributed by atoms with Crippen LogP contribution in [0.4, 0.5) is 25.1 Å². The monoisotopic (exact) mass is 586 g/mol. The standard InChI is InChI=1S/C26H24F2N6O4S2/c1-15-30-21-14-20(5-6-23(21)39-15)33(2)25(35)22(12-16-10-18(27)13-19(28)11-16)31-26(36)32-40(37,38)34-9-7-17-4-3-8-29-24(17)34/h3-6,8,10-11,13-14,22H,7,9,12H2,1-2H3,(H2,31,32,36). The minimum atomic E-state index is -4.37. The number of hydrogen-bond acceptors (Lipinski definition) is 7. The highest BCUT2D eigenvalue weighted by Crippen LogP contribution is 2.28. The Kier molecular flexibility index (Phi) is 7.38. The summed E-state index contributed by atoms with van der Waals surface area (Å²) in [5, 5.41) is 3.22. The number of fused-ring (bicyclic) bond motifs is 2. The van der Waals surface area contributed by atoms with Gasteiger partial charge in [-0.15, -0.1) is 11.3 Å². The van der Waals surface area contributed by atoms with E-state index < -0.39 is 39.8 Å². The Bertz CT molecular complexity index is 1710. The lowest BCUT2D eigenvalue weighted by Crippen LogP contribution is -2.54. The van der Waals surface area contributed by atoms with E-state index in [9.17, 15) is 26.8 Å². The number of carbonyl (C=O) groups excluding carboxylic acids is 2. The first-order chi connectivity index (χ1) is 19.0. The number of aromatic nitrogens is 2. The van der Waals surface area contributed by atoms with E-state index in [0.29, 0.717) is 29.3 Å². The van der Waals surface area contributed by atoms with Crippen molar-refractivity contribution in [2.45, 2.75) is 25.8 Å². The lowest BCUT2D eigenvalue weighted by atomic mass is 10.0. The zero-order valence-electron chi connectivity index (χ0n) is 21.4. The number of likely N-dealkylation sites (N-methyl/N-ethyl adjacent to an activating group) is 1. The van der Waals surface area contributed by atoms with Gasteiger partial charge in [0.05, 0.1) is 15.2 Å². The number of amides is 3. The van der Waals surface area contributed by atoms with Crippen LogP contribution in [-0.4, -0.2) is 50.0 Å². The smallest absolute Gasteiger partial charge is 0.325 e. The zero-order valence-corrected chi connectivity index (χ0v) is 23.0. The molecule has 0 fully saturated rings. The number of aryl methyl sites for hydroxylation is 1. The van der Waals surface area contributed by atoms with E-state index in [4.69, 9.17) is 0 Å². The van der Waals surface area contributed by atoms with Crippen LogP contribution in [0.1, 0.15) is 16.1 Å². The van der Waals surface area contributed by atoms with Gasteiger partial charge in [0.15, 0.2) is 0 Å². The highest BCUT2D eigenvalue weighted by atomic mass is 32.2. The molecule has 3 amide bonds. The predicted molar refractivity (Wildman–Crippen MR) is 147 cm³/mol. The Labute approximate surface area is 232 Å². The summed E-state index contributed by atoms with van der Waals surface area (Å²) in [6.07, 6.45) is 1.56. The third-order valence-electron chi connectivity index (χ3n) is 6.36. The molecule has 2 N–H and O–H groups in total. The summed E-state index contributed by atoms with van der Waals surface area (Å²) >= 11 is 1.50. The Morgan fingerprint density at radius 1 is 1.15 bits per heavy atom. The number of rotatable bonds is 7. The third-order valence-corrected chi connectivity index (χ3v) is 8.69. The molecule has 2 aromatic carbocycles. The van der Waals surface area contributed by atoms with Crippen LogP contribution in [0.15, 0.2) is 54.7 Å². The Hall–Kier alpha value is -4.17. The summed E-state index contributed by atoms with van der Waals surface area (Å²) in [4.78, 5) is 36.3. The lowest BCUT2D eigenvalue weighted by molar-refractivity contribution is -0.120. The van der Waals surface area contributed by atoms with E-state index in [2.05, 4.69) is 15.3 Å². The summed E-state index contributed by atoms with van der Waals surface area (Å²) in [5.74, 6) is -2.15. The molecule has 0 spiro atoms. The van der Waals surface area contributed by atoms with Crippen molar-refractivity contribution < 1.29 is 26.8 Å². The summed E-state index contributed by atoms with van der Waals surface area (Å²) in [7, 11) is -2.89. The second kappa shape index (κ2) is 10.8. The molecule has 10 nitrogen and oxygen atoms in total. The van der Waals surface area contributed by atoms with Crippen LogP contribution in [0.2, 0.25) is 0 Å². The molecule has 0 saturated heterocycles. The van der Waals surface area contributed by atoms with Gasteiger partial charge in [0.25, 0.3) is 0 Å². The molecular formula is C26H24F2N6O4S2. The van der Waals surface area contributed by atoms with Gasteiger partial charge in [-0.1, -0.05) is 6.07 Å². The maximum Gasteiger partial charge on any atom is 0.330 e. The largest absolute Gasteiger partial charge is 0.330 e. The summed E-state index contributed by atoms with van der Waals surface area (Å²) in [6, 6.07) is 8.85. The molecule has 1 atom stereocenters. The molecule has 0 aliphatic carbocycles. The SMILES string of the molecule is Cc1nc2cc(N(C)C(=O)C(Cc3cc(F)cc(F)c3)NC(=O)NS(=O)(=O)N3CCc4cccnc43)ccc2s1. The molecule has 3 heterocycles. The predicted octanol–water partition coefficient (Wildman–Crippen LogP) is 3.46. The van der Waals surface area contributed by atoms with Crippen molar-refractivity contribution in [3.8, 4) is 0 Å². The lowest BCUT2D eigenvalue weighted by Gasteiger charge is -2.26. The minimum Gasteiger partial charge on any atom is -0.325 e. The highest BCUT2D eigenvalue weighted by Gasteiger charge is 2.33. The molecular weight excluding hydrogens is 562 g/mol. The molecule has 14 heteroatoms. The van der Waals surface area contributed by atoms with E-state index in [1.165, 1.54) is 29.5 Å². The average molecular weight is 587 g/mol. The molecule has 1 aliphatic heterocycles. The minimum absolute atomic E-state index is 0.0845. The summed E-state index contributed by atoms with van der Waals surface area (Å²) < 4.78 is 57.6. The molecule has 0 saturated carbocycles. The van der Waals surface area contributed by atoms with Gasteiger partial charge >= 0.3 is 16.2 Å². The van der Waals surface area contributed by atoms with Crippen LogP contribution >= 0.6 is 11.3 Å². The van der Waals surface area contributed by atoms with Crippen molar-refractivity contribution in [1.29, 1.82) is 0 Å². The second-order valence-corrected chi connectivity index (χ2v) is 12.0. The summed E-state index contributed by atoms with van der Waals surface area (Å²) in [5.41, 5.74) is 1.95. The number of anilines is 2. The Balaban J connectivity index is 1.39. The van der Waals surface area contributed by atoms with Crippen molar-refractivity contribution in [3.05, 3.63) is 82.5 Å². The Morgan fingerprint density at radius 2 is 1.90 bits per heavy atom. The number of pyridine rings is 1. The highest BCUT2D eigenvalue weighted by molar-refractivity contribution is 7.91. The van der Waals surface area contributed by atoms with E-state index in [1.807, 2.05) is 17.7 Å². The maximum absolute atomic E-state index is 13.9. The fraction of sp³-hybridized carbons (Fsp3) is 0.231. The number of halogens is 2. The van der Waals surface area contributed by atoms with Crippen molar-refractivity contribution >= 4 is 55.2 Å². The van der Waals surface area contributed by atoms with Crippen LogP contribution < -0.4 is 19.2 Å². The fourth-order valence-corrected chi connectivity index (χ4v) is 6.47. The maximum atomic E-state index is 13.9. The fourth-order valence-electron chi connectivity index (χ4n) is 4.54. The number of urea groups is 1. The molecule has 2 aromatic heterocycles. The molecule has 5 rings (SSSR count). The van der Waals surface area contributed by atoms with Crippen LogP contribution in [0.3, 0.4) is 0 Å². The second-order valence-electron chi connectivity index (χ2n) is 9.21. The van der Waals surface area contributed by atoms with Crippen molar-refractivity contribution in [2.24, 2.45) is 0 Å². The molecule has 1 unspecified atom stereocenters. The zero-order chi connectivity index (χ0) is 28.6. The van der Waals surface area contributed by atoms with E-state index in [1.54, 1.807) is 24.3 Å². The quantitative estimate of drug-likeness (QED) is 0.342. The Morgan fingerprint density at radius 3 is 2.65 bits per heavy atom. The third kappa shape index (κ3) is 5.72. The number of benzene rings is 2. The average Bonchev–Trinajstić information content (AvgIpc) is 3.49. The van der Waals surface area contributed by atoms with Gasteiger partial charge in [0.1, 0.15) is 23.5 Å². The molecule has 4 aromatic rings. The van der Waals surface area contributed by atoms with Gasteiger partial charge in [0, 0.05) is 38.0 Å². The number of thiazole rings is 1. The van der Waals surface area contributed by atoms with Gasteiger partial charge in [0.2, 0.25) is 5.91 Å². The molecule has 0 bridgehead atoms. The van der Waals surface area contributed by atoms with Gasteiger partial charge in [-0.2, -0.15) is 8.42 Å². The van der Waals surface area contributed by atoms with Gasteiger partial charge in [-0.05, 0) is 60.9 Å². The van der Waals surface area contributed by atoms with E-state index in [-0.39, 0.29) is 24.3 Å². The molecule has 1 aliphatic rings. The number of nitrogens with zero attached hydrogens (tertiary/aromatic N) is 4. The molecule has 40 heavy (non-hydrogen) atoms. The van der Waals surface area contributed by atoms with Gasteiger partial charge < -0.3 is 10.2 Å². The van der Waals surface area contributed by atoms with Crippen LogP contribution in [-0.2, 0) is 27.8 Å². The molecule has 0 radical (unpaired) electrons. The number of carbonyl (C=O) groups is 2. The van der Waals surface area contributed by atoms with Crippen molar-refractivity contribution in [3.63, 3.8) is 0 Å². The van der Waals surface area contributed by atoms with Gasteiger partial charge in [-0.3, -0.25) is 4.79 Å². The first-order valence-electron chi connectivity index (χ1n) is 12.1. The summed E-state index contributed by atoms with van der Waals surface area (Å²) in [6.45, 7) is 1.95. The molecule has 208 valence electrons.